The molecular weight excluding hydrogens is 1230 g/mol. The van der Waals surface area contributed by atoms with Crippen molar-refractivity contribution in [1.29, 1.82) is 0 Å². The summed E-state index contributed by atoms with van der Waals surface area (Å²) in [5.74, 6) is 0. The predicted molar refractivity (Wildman–Crippen MR) is 342 cm³/mol. The number of carbonyl (C=O) groups excluding carboxylic acids is 2. The van der Waals surface area contributed by atoms with E-state index in [-0.39, 0.29) is 80.8 Å². The van der Waals surface area contributed by atoms with Gasteiger partial charge in [-0.15, -0.1) is 0 Å². The Hall–Kier alpha value is 5.23. The molecule has 0 spiro atoms. The van der Waals surface area contributed by atoms with Crippen LogP contribution in [0, 0.1) is 6.42 Å². The van der Waals surface area contributed by atoms with Crippen molar-refractivity contribution in [3.05, 3.63) is 6.42 Å². The van der Waals surface area contributed by atoms with Crippen molar-refractivity contribution in [2.75, 3.05) is 49.5 Å². The maximum Gasteiger partial charge on any atom is 2.00 e. The Balaban J connectivity index is 0. The smallest absolute Gasteiger partial charge is 1.00 e. The molecular formula is C55H103BBrCl4MgNiO2P6S+2. The Kier molecular flexibility index (Phi) is 57.1. The van der Waals surface area contributed by atoms with Crippen molar-refractivity contribution in [1.82, 2.24) is 0 Å². The molecule has 0 atom stereocenters. The molecule has 9 rings (SSSR count). The van der Waals surface area contributed by atoms with E-state index in [1.165, 1.54) is 71.0 Å². The van der Waals surface area contributed by atoms with Gasteiger partial charge in [0, 0.05) is 36.6 Å². The Bertz CT molecular complexity index is 956. The van der Waals surface area contributed by atoms with E-state index in [2.05, 4.69) is 20.0 Å². The van der Waals surface area contributed by atoms with Crippen LogP contribution in [0.15, 0.2) is 0 Å². The average Bonchev–Trinajstić information content (AvgIpc) is 4.21. The van der Waals surface area contributed by atoms with Crippen LogP contribution >= 0.6 is 102 Å². The molecule has 3 radical (unpaired) electrons. The fraction of sp³-hybridized carbons (Fsp3) is 0.945. The summed E-state index contributed by atoms with van der Waals surface area (Å²) in [7, 11) is 0.730. The van der Waals surface area contributed by atoms with Gasteiger partial charge >= 0.3 is 39.5 Å². The fourth-order valence-electron chi connectivity index (χ4n) is 14.3. The van der Waals surface area contributed by atoms with Gasteiger partial charge in [0.1, 0.15) is 0 Å². The van der Waals surface area contributed by atoms with Crippen LogP contribution in [0.2, 0.25) is 0 Å². The molecule has 0 amide bonds. The molecule has 72 heavy (non-hydrogen) atoms. The summed E-state index contributed by atoms with van der Waals surface area (Å²) in [5, 5.41) is 0. The molecule has 0 aliphatic heterocycles. The third-order valence-corrected chi connectivity index (χ3v) is 37.3. The summed E-state index contributed by atoms with van der Waals surface area (Å²) in [4.78, 5) is 15.5. The van der Waals surface area contributed by atoms with Gasteiger partial charge in [0.15, 0.2) is 0 Å². The second kappa shape index (κ2) is 51.8. The maximum atomic E-state index is 7.75. The van der Waals surface area contributed by atoms with Gasteiger partial charge in [-0.05, 0) is 202 Å². The SMILES string of the molecule is C1CCC(P(CCP(C2CCCC2)C2CCCC2)C2CCCC2)C1.C1CCC([PH+](CC[PH+](C2CCCC2)C2CCCC2)C2CCCC2)C1.CSC.ClP(Cl)CCP(Cl)Cl.[B].[Br-].[CH-]1CCCC1.[CH-]=O.[CH-]=O.[Mg+2].[Ni+2]. The van der Waals surface area contributed by atoms with Crippen molar-refractivity contribution >= 4 is 147 Å². The minimum Gasteiger partial charge on any atom is -1.00 e. The molecule has 0 saturated heterocycles. The predicted octanol–water partition coefficient (Wildman–Crippen LogP) is 17.9. The summed E-state index contributed by atoms with van der Waals surface area (Å²) in [5.41, 5.74) is 9.78. The monoisotopic (exact) mass is 1330 g/mol. The van der Waals surface area contributed by atoms with E-state index in [0.29, 0.717) is 15.8 Å². The summed E-state index contributed by atoms with van der Waals surface area (Å²) in [6.07, 6.45) is 71.7. The largest absolute Gasteiger partial charge is 2.00 e. The molecule has 0 aromatic rings. The minimum atomic E-state index is -0.841. The maximum absolute atomic E-state index is 7.75. The molecule has 9 aliphatic rings. The Morgan fingerprint density at radius 3 is 0.778 bits per heavy atom. The van der Waals surface area contributed by atoms with E-state index in [1.54, 1.807) is 242 Å². The van der Waals surface area contributed by atoms with Crippen molar-refractivity contribution in [2.24, 2.45) is 0 Å². The standard InChI is InChI=1S/2C22H40P2.C5H9.C2H4Cl4P2.C2H6S.2CHO.B.BrH.Mg.Ni/c2*1-2-10-19(9-1)23(20-11-3-4-12-20)17-18-24(21-13-5-6-14-21)22-15-7-8-16-22;1-2-4-5-3-1;3-7(4)1-2-8(5)6;1-3-2;2*1-2;;;;/h2*19-22H,1-18H2;1H,2-5H2;1-2H2;1-2H3;2*1H;;1H;;/q;;-1;;;2*-1;;;2*+2/p+1. The van der Waals surface area contributed by atoms with Gasteiger partial charge in [-0.3, -0.25) is 13.6 Å². The van der Waals surface area contributed by atoms with Crippen molar-refractivity contribution in [3.63, 3.8) is 0 Å². The van der Waals surface area contributed by atoms with Crippen molar-refractivity contribution in [3.8, 4) is 0 Å². The molecule has 0 bridgehead atoms. The first-order chi connectivity index (χ1) is 33.4. The van der Waals surface area contributed by atoms with Crippen LogP contribution in [0.1, 0.15) is 231 Å². The summed E-state index contributed by atoms with van der Waals surface area (Å²) in [6.45, 7) is 4.82. The van der Waals surface area contributed by atoms with Crippen molar-refractivity contribution < 1.29 is 43.1 Å². The third-order valence-electron chi connectivity index (χ3n) is 17.5. The molecule has 419 valence electrons. The first-order valence-corrected chi connectivity index (χ1v) is 43.8. The third kappa shape index (κ3) is 32.3. The first kappa shape index (κ1) is 79.3. The van der Waals surface area contributed by atoms with Gasteiger partial charge in [0.2, 0.25) is 0 Å². The zero-order valence-corrected chi connectivity index (χ0v) is 59.0. The molecule has 0 aromatic carbocycles. The van der Waals surface area contributed by atoms with Gasteiger partial charge in [0.05, 0.1) is 48.2 Å². The number of hydrogen-bond donors (Lipinski definition) is 0. The summed E-state index contributed by atoms with van der Waals surface area (Å²) in [6, 6.07) is 0. The van der Waals surface area contributed by atoms with E-state index < -0.39 is 13.3 Å². The van der Waals surface area contributed by atoms with Gasteiger partial charge in [-0.25, -0.2) is 0 Å². The fourth-order valence-corrected chi connectivity index (χ4v) is 36.8. The van der Waals surface area contributed by atoms with Crippen LogP contribution in [0.5, 0.6) is 0 Å². The van der Waals surface area contributed by atoms with E-state index in [9.17, 15) is 0 Å². The number of halogens is 5. The first-order valence-electron chi connectivity index (χ1n) is 28.5. The van der Waals surface area contributed by atoms with E-state index in [4.69, 9.17) is 54.6 Å². The van der Waals surface area contributed by atoms with E-state index in [1.807, 2.05) is 12.5 Å². The quantitative estimate of drug-likeness (QED) is 0.0630. The van der Waals surface area contributed by atoms with Crippen molar-refractivity contribution in [2.45, 2.75) is 276 Å². The van der Waals surface area contributed by atoms with Gasteiger partial charge in [-0.2, -0.15) is 24.6 Å². The second-order valence-corrected chi connectivity index (χ2v) is 43.1. The van der Waals surface area contributed by atoms with Crippen LogP contribution in [0.3, 0.4) is 0 Å². The average molecular weight is 1330 g/mol. The normalized spacial score (nSPS) is 22.1. The zero-order valence-electron chi connectivity index (χ0n) is 45.6. The molecule has 2 nitrogen and oxygen atoms in total. The molecule has 0 unspecified atom stereocenters. The number of hydrogen-bond acceptors (Lipinski definition) is 3. The number of thioether (sulfide) groups is 1. The second-order valence-electron chi connectivity index (χ2n) is 21.8. The van der Waals surface area contributed by atoms with Gasteiger partial charge < -0.3 is 33.0 Å². The van der Waals surface area contributed by atoms with Gasteiger partial charge in [0.25, 0.3) is 0 Å². The summed E-state index contributed by atoms with van der Waals surface area (Å²) >= 11 is 23.5. The Labute approximate surface area is 516 Å². The molecule has 9 aliphatic carbocycles. The van der Waals surface area contributed by atoms with E-state index >= 15 is 0 Å². The molecule has 17 heteroatoms. The summed E-state index contributed by atoms with van der Waals surface area (Å²) < 4.78 is 0. The topological polar surface area (TPSA) is 34.1 Å². The molecule has 9 fully saturated rings. The Morgan fingerprint density at radius 1 is 0.417 bits per heavy atom. The van der Waals surface area contributed by atoms with Crippen LogP contribution in [0.4, 0.5) is 0 Å². The van der Waals surface area contributed by atoms with Crippen LogP contribution in [0.25, 0.3) is 0 Å². The molecule has 0 heterocycles. The zero-order chi connectivity index (χ0) is 49.2. The molecule has 0 N–H and O–H groups in total. The molecule has 9 saturated carbocycles. The minimum absolute atomic E-state index is 0. The van der Waals surface area contributed by atoms with Gasteiger partial charge in [-0.1, -0.05) is 125 Å². The van der Waals surface area contributed by atoms with E-state index in [0.717, 1.165) is 12.3 Å². The van der Waals surface area contributed by atoms with Crippen LogP contribution in [-0.4, -0.2) is 140 Å². The van der Waals surface area contributed by atoms with Crippen LogP contribution in [-0.2, 0) is 26.1 Å². The number of rotatable bonds is 17. The molecule has 0 aromatic heterocycles. The Morgan fingerprint density at radius 2 is 0.611 bits per heavy atom. The van der Waals surface area contributed by atoms with Crippen LogP contribution < -0.4 is 17.0 Å².